The number of anilines is 4. The van der Waals surface area contributed by atoms with Gasteiger partial charge in [-0.1, -0.05) is 12.1 Å². The average molecular weight is 418 g/mol. The number of hydrogen-bond acceptors (Lipinski definition) is 6. The minimum Gasteiger partial charge on any atom is -0.465 e. The van der Waals surface area contributed by atoms with Crippen molar-refractivity contribution in [3.05, 3.63) is 83.9 Å². The van der Waals surface area contributed by atoms with Crippen molar-refractivity contribution in [3.63, 3.8) is 0 Å². The Morgan fingerprint density at radius 1 is 0.710 bits per heavy atom. The average Bonchev–Trinajstić information content (AvgIpc) is 2.74. The van der Waals surface area contributed by atoms with Crippen molar-refractivity contribution in [2.75, 3.05) is 17.7 Å². The van der Waals surface area contributed by atoms with Gasteiger partial charge in [0.1, 0.15) is 5.60 Å². The summed E-state index contributed by atoms with van der Waals surface area (Å²) in [5.74, 6) is -0.738. The quantitative estimate of drug-likeness (QED) is 0.484. The number of ether oxygens (including phenoxy) is 2. The highest BCUT2D eigenvalue weighted by Gasteiger charge is 2.17. The third-order valence-corrected chi connectivity index (χ3v) is 4.30. The van der Waals surface area contributed by atoms with Crippen LogP contribution in [0.15, 0.2) is 72.8 Å². The van der Waals surface area contributed by atoms with Gasteiger partial charge < -0.3 is 20.1 Å². The van der Waals surface area contributed by atoms with E-state index in [9.17, 15) is 9.59 Å². The van der Waals surface area contributed by atoms with Crippen LogP contribution in [0.25, 0.3) is 0 Å². The Morgan fingerprint density at radius 3 is 1.77 bits per heavy atom. The van der Waals surface area contributed by atoms with Crippen LogP contribution in [-0.2, 0) is 9.47 Å². The molecule has 3 aromatic rings. The lowest BCUT2D eigenvalue weighted by atomic mass is 10.1. The molecule has 160 valence electrons. The molecule has 3 rings (SSSR count). The number of para-hydroxylation sites is 1. The van der Waals surface area contributed by atoms with Crippen LogP contribution in [0.1, 0.15) is 41.5 Å². The van der Waals surface area contributed by atoms with E-state index in [2.05, 4.69) is 10.6 Å². The molecule has 31 heavy (non-hydrogen) atoms. The van der Waals surface area contributed by atoms with Crippen molar-refractivity contribution in [3.8, 4) is 0 Å². The highest BCUT2D eigenvalue weighted by Crippen LogP contribution is 2.24. The van der Waals surface area contributed by atoms with Crippen molar-refractivity contribution in [2.24, 2.45) is 0 Å². The molecule has 0 aliphatic heterocycles. The molecule has 6 heteroatoms. The molecule has 0 heterocycles. The number of benzene rings is 3. The third-order valence-electron chi connectivity index (χ3n) is 4.30. The van der Waals surface area contributed by atoms with Gasteiger partial charge in [0.05, 0.1) is 23.9 Å². The van der Waals surface area contributed by atoms with Gasteiger partial charge in [0.15, 0.2) is 0 Å². The molecular weight excluding hydrogens is 392 g/mol. The number of methoxy groups -OCH3 is 1. The molecule has 0 atom stereocenters. The predicted octanol–water partition coefficient (Wildman–Crippen LogP) is 5.92. The fraction of sp³-hybridized carbons (Fsp3) is 0.200. The van der Waals surface area contributed by atoms with Crippen LogP contribution in [-0.4, -0.2) is 24.6 Å². The van der Waals surface area contributed by atoms with E-state index in [4.69, 9.17) is 9.47 Å². The summed E-state index contributed by atoms with van der Waals surface area (Å²) in [7, 11) is 1.36. The van der Waals surface area contributed by atoms with Crippen molar-refractivity contribution in [1.29, 1.82) is 0 Å². The van der Waals surface area contributed by atoms with Crippen LogP contribution >= 0.6 is 0 Å². The molecule has 0 fully saturated rings. The number of nitrogens with one attached hydrogen (secondary N) is 2. The van der Waals surface area contributed by atoms with E-state index in [1.54, 1.807) is 24.3 Å². The molecule has 0 radical (unpaired) electrons. The summed E-state index contributed by atoms with van der Waals surface area (Å²) < 4.78 is 10.2. The van der Waals surface area contributed by atoms with Gasteiger partial charge in [0, 0.05) is 17.1 Å². The van der Waals surface area contributed by atoms with Crippen LogP contribution in [0.5, 0.6) is 0 Å². The maximum absolute atomic E-state index is 12.1. The molecular formula is C25H26N2O4. The van der Waals surface area contributed by atoms with Gasteiger partial charge in [-0.3, -0.25) is 0 Å². The number of hydrogen-bond donors (Lipinski definition) is 2. The summed E-state index contributed by atoms with van der Waals surface area (Å²) >= 11 is 0. The standard InChI is InChI=1S/C25H26N2O4/c1-25(2,3)31-23(28)17-9-11-18(12-10-17)26-19-13-15-20(16-14-19)27-22-8-6-5-7-21(22)24(29)30-4/h5-16,26-27H,1-4H3. The molecule has 0 saturated heterocycles. The van der Waals surface area contributed by atoms with Gasteiger partial charge in [-0.2, -0.15) is 0 Å². The third kappa shape index (κ3) is 6.09. The minimum absolute atomic E-state index is 0.346. The van der Waals surface area contributed by atoms with Gasteiger partial charge in [-0.05, 0) is 81.4 Å². The van der Waals surface area contributed by atoms with Crippen LogP contribution in [0.3, 0.4) is 0 Å². The topological polar surface area (TPSA) is 76.7 Å². The van der Waals surface area contributed by atoms with E-state index in [1.807, 2.05) is 69.3 Å². The molecule has 0 amide bonds. The highest BCUT2D eigenvalue weighted by molar-refractivity contribution is 5.96. The molecule has 0 aliphatic rings. The van der Waals surface area contributed by atoms with E-state index < -0.39 is 11.6 Å². The molecule has 3 aromatic carbocycles. The lowest BCUT2D eigenvalue weighted by Crippen LogP contribution is -2.23. The molecule has 0 aromatic heterocycles. The fourth-order valence-corrected chi connectivity index (χ4v) is 2.87. The van der Waals surface area contributed by atoms with E-state index in [-0.39, 0.29) is 5.97 Å². The van der Waals surface area contributed by atoms with Crippen molar-refractivity contribution in [2.45, 2.75) is 26.4 Å². The zero-order chi connectivity index (χ0) is 22.4. The van der Waals surface area contributed by atoms with Crippen LogP contribution < -0.4 is 10.6 Å². The fourth-order valence-electron chi connectivity index (χ4n) is 2.87. The molecule has 6 nitrogen and oxygen atoms in total. The second kappa shape index (κ2) is 9.34. The number of carbonyl (C=O) groups excluding carboxylic acids is 2. The molecule has 0 spiro atoms. The Morgan fingerprint density at radius 2 is 1.23 bits per heavy atom. The van der Waals surface area contributed by atoms with Crippen LogP contribution in [0, 0.1) is 0 Å². The van der Waals surface area contributed by atoms with Gasteiger partial charge in [-0.15, -0.1) is 0 Å². The second-order valence-electron chi connectivity index (χ2n) is 7.94. The van der Waals surface area contributed by atoms with E-state index >= 15 is 0 Å². The monoisotopic (exact) mass is 418 g/mol. The van der Waals surface area contributed by atoms with Crippen molar-refractivity contribution >= 4 is 34.7 Å². The zero-order valence-electron chi connectivity index (χ0n) is 18.1. The Kier molecular flexibility index (Phi) is 6.60. The SMILES string of the molecule is COC(=O)c1ccccc1Nc1ccc(Nc2ccc(C(=O)OC(C)(C)C)cc2)cc1. The van der Waals surface area contributed by atoms with E-state index in [0.717, 1.165) is 17.1 Å². The molecule has 0 bridgehead atoms. The Labute approximate surface area is 182 Å². The van der Waals surface area contributed by atoms with Gasteiger partial charge >= 0.3 is 11.9 Å². The number of rotatable bonds is 6. The van der Waals surface area contributed by atoms with E-state index in [0.29, 0.717) is 16.8 Å². The lowest BCUT2D eigenvalue weighted by molar-refractivity contribution is 0.00693. The van der Waals surface area contributed by atoms with Crippen molar-refractivity contribution < 1.29 is 19.1 Å². The van der Waals surface area contributed by atoms with Gasteiger partial charge in [0.2, 0.25) is 0 Å². The zero-order valence-corrected chi connectivity index (χ0v) is 18.1. The first kappa shape index (κ1) is 21.9. The summed E-state index contributed by atoms with van der Waals surface area (Å²) in [5, 5.41) is 6.53. The summed E-state index contributed by atoms with van der Waals surface area (Å²) in [6.07, 6.45) is 0. The second-order valence-corrected chi connectivity index (χ2v) is 7.94. The Hall–Kier alpha value is -3.80. The molecule has 0 aliphatic carbocycles. The van der Waals surface area contributed by atoms with Gasteiger partial charge in [-0.25, -0.2) is 9.59 Å². The molecule has 0 unspecified atom stereocenters. The Bertz CT molecular complexity index is 1050. The maximum Gasteiger partial charge on any atom is 0.339 e. The number of carbonyl (C=O) groups is 2. The summed E-state index contributed by atoms with van der Waals surface area (Å²) in [6.45, 7) is 5.52. The predicted molar refractivity (Wildman–Crippen MR) is 122 cm³/mol. The smallest absolute Gasteiger partial charge is 0.339 e. The first-order valence-electron chi connectivity index (χ1n) is 9.90. The Balaban J connectivity index is 1.65. The normalized spacial score (nSPS) is 10.8. The molecule has 0 saturated carbocycles. The first-order chi connectivity index (χ1) is 14.7. The van der Waals surface area contributed by atoms with Crippen molar-refractivity contribution in [1.82, 2.24) is 0 Å². The van der Waals surface area contributed by atoms with Gasteiger partial charge in [0.25, 0.3) is 0 Å². The largest absolute Gasteiger partial charge is 0.465 e. The number of esters is 2. The van der Waals surface area contributed by atoms with Crippen LogP contribution in [0.2, 0.25) is 0 Å². The van der Waals surface area contributed by atoms with E-state index in [1.165, 1.54) is 7.11 Å². The lowest BCUT2D eigenvalue weighted by Gasteiger charge is -2.19. The summed E-state index contributed by atoms with van der Waals surface area (Å²) in [5.41, 5.74) is 3.69. The maximum atomic E-state index is 12.1. The molecule has 2 N–H and O–H groups in total. The first-order valence-corrected chi connectivity index (χ1v) is 9.90. The van der Waals surface area contributed by atoms with Crippen LogP contribution in [0.4, 0.5) is 22.7 Å². The summed E-state index contributed by atoms with van der Waals surface area (Å²) in [6, 6.07) is 22.0. The highest BCUT2D eigenvalue weighted by atomic mass is 16.6. The summed E-state index contributed by atoms with van der Waals surface area (Å²) in [4.78, 5) is 24.0. The minimum atomic E-state index is -0.527.